The summed E-state index contributed by atoms with van der Waals surface area (Å²) in [4.78, 5) is 14.3. The van der Waals surface area contributed by atoms with Gasteiger partial charge in [-0.3, -0.25) is 4.79 Å². The number of nitrogens with zero attached hydrogens (tertiary/aromatic N) is 1. The van der Waals surface area contributed by atoms with Gasteiger partial charge in [0.1, 0.15) is 0 Å². The van der Waals surface area contributed by atoms with Crippen molar-refractivity contribution < 1.29 is 9.90 Å². The first kappa shape index (κ1) is 12.2. The molecule has 3 nitrogen and oxygen atoms in total. The maximum atomic E-state index is 12.3. The third-order valence-electron chi connectivity index (χ3n) is 3.59. The summed E-state index contributed by atoms with van der Waals surface area (Å²) in [7, 11) is 0. The van der Waals surface area contributed by atoms with Crippen LogP contribution in [0.4, 0.5) is 0 Å². The average molecular weight is 243 g/mol. The maximum absolute atomic E-state index is 12.3. The Kier molecular flexibility index (Phi) is 4.53. The molecule has 0 bridgehead atoms. The largest absolute Gasteiger partial charge is 0.395 e. The van der Waals surface area contributed by atoms with Crippen molar-refractivity contribution in [3.63, 3.8) is 0 Å². The Labute approximate surface area is 102 Å². The minimum Gasteiger partial charge on any atom is -0.395 e. The zero-order valence-electron chi connectivity index (χ0n) is 9.73. The first-order valence-corrected chi connectivity index (χ1v) is 7.40. The van der Waals surface area contributed by atoms with Gasteiger partial charge in [-0.2, -0.15) is 0 Å². The molecule has 4 heteroatoms. The monoisotopic (exact) mass is 243 g/mol. The second kappa shape index (κ2) is 5.92. The van der Waals surface area contributed by atoms with Crippen LogP contribution in [0.3, 0.4) is 0 Å². The summed E-state index contributed by atoms with van der Waals surface area (Å²) in [5, 5.41) is 9.22. The Hall–Kier alpha value is -0.220. The molecular formula is C12H21NO2S. The number of amides is 1. The third-order valence-corrected chi connectivity index (χ3v) is 4.96. The predicted molar refractivity (Wildman–Crippen MR) is 66.5 cm³/mol. The summed E-state index contributed by atoms with van der Waals surface area (Å²) in [5.41, 5.74) is 0. The number of aliphatic hydroxyl groups is 1. The minimum absolute atomic E-state index is 0.0969. The fourth-order valence-electron chi connectivity index (χ4n) is 2.40. The van der Waals surface area contributed by atoms with Gasteiger partial charge in [-0.25, -0.2) is 0 Å². The molecule has 0 aromatic heterocycles. The molecule has 1 amide bonds. The lowest BCUT2D eigenvalue weighted by molar-refractivity contribution is -0.135. The molecule has 1 aliphatic carbocycles. The Balaban J connectivity index is 1.92. The molecule has 0 radical (unpaired) electrons. The standard InChI is InChI=1S/C12H21NO2S/c14-8-7-13(10-4-3-5-10)12(15)11-6-1-2-9-16-11/h10-11,14H,1-9H2. The highest BCUT2D eigenvalue weighted by molar-refractivity contribution is 8.00. The summed E-state index contributed by atoms with van der Waals surface area (Å²) in [5.74, 6) is 1.40. The van der Waals surface area contributed by atoms with Crippen LogP contribution in [0.25, 0.3) is 0 Å². The smallest absolute Gasteiger partial charge is 0.236 e. The van der Waals surface area contributed by atoms with E-state index in [2.05, 4.69) is 0 Å². The van der Waals surface area contributed by atoms with Gasteiger partial charge in [-0.05, 0) is 37.9 Å². The summed E-state index contributed by atoms with van der Waals surface area (Å²) < 4.78 is 0. The first-order chi connectivity index (χ1) is 7.83. The molecule has 0 aromatic rings. The Bertz CT molecular complexity index is 237. The minimum atomic E-state index is 0.0969. The second-order valence-corrected chi connectivity index (χ2v) is 6.01. The van der Waals surface area contributed by atoms with Crippen molar-refractivity contribution >= 4 is 17.7 Å². The van der Waals surface area contributed by atoms with Gasteiger partial charge in [0.2, 0.25) is 5.91 Å². The summed E-state index contributed by atoms with van der Waals surface area (Å²) in [6.07, 6.45) is 6.95. The molecule has 2 aliphatic rings. The van der Waals surface area contributed by atoms with E-state index in [9.17, 15) is 4.79 Å². The van der Waals surface area contributed by atoms with Gasteiger partial charge in [0.25, 0.3) is 0 Å². The lowest BCUT2D eigenvalue weighted by Crippen LogP contribution is -2.49. The first-order valence-electron chi connectivity index (χ1n) is 6.36. The normalized spacial score (nSPS) is 26.2. The molecule has 1 N–H and O–H groups in total. The van der Waals surface area contributed by atoms with Crippen LogP contribution in [0.5, 0.6) is 0 Å². The number of aliphatic hydroxyl groups excluding tert-OH is 1. The van der Waals surface area contributed by atoms with E-state index in [0.717, 1.165) is 25.0 Å². The fourth-order valence-corrected chi connectivity index (χ4v) is 3.67. The highest BCUT2D eigenvalue weighted by Crippen LogP contribution is 2.30. The van der Waals surface area contributed by atoms with Gasteiger partial charge in [-0.1, -0.05) is 6.42 Å². The number of hydrogen-bond donors (Lipinski definition) is 1. The molecule has 2 fully saturated rings. The van der Waals surface area contributed by atoms with Gasteiger partial charge in [0.05, 0.1) is 11.9 Å². The van der Waals surface area contributed by atoms with E-state index in [1.54, 1.807) is 11.8 Å². The van der Waals surface area contributed by atoms with Crippen molar-refractivity contribution in [1.29, 1.82) is 0 Å². The summed E-state index contributed by atoms with van der Waals surface area (Å²) >= 11 is 1.80. The second-order valence-electron chi connectivity index (χ2n) is 4.70. The zero-order valence-corrected chi connectivity index (χ0v) is 10.5. The predicted octanol–water partition coefficient (Wildman–Crippen LogP) is 1.65. The molecule has 1 unspecified atom stereocenters. The van der Waals surface area contributed by atoms with E-state index in [4.69, 9.17) is 5.11 Å². The Morgan fingerprint density at radius 3 is 2.56 bits per heavy atom. The molecular weight excluding hydrogens is 222 g/mol. The fraction of sp³-hybridized carbons (Fsp3) is 0.917. The van der Waals surface area contributed by atoms with Crippen LogP contribution in [0, 0.1) is 0 Å². The quantitative estimate of drug-likeness (QED) is 0.816. The molecule has 1 aliphatic heterocycles. The molecule has 2 rings (SSSR count). The van der Waals surface area contributed by atoms with Crippen molar-refractivity contribution in [3.8, 4) is 0 Å². The van der Waals surface area contributed by atoms with Crippen molar-refractivity contribution in [2.45, 2.75) is 49.8 Å². The van der Waals surface area contributed by atoms with Crippen LogP contribution in [0.1, 0.15) is 38.5 Å². The number of carbonyl (C=O) groups is 1. The molecule has 1 saturated carbocycles. The molecule has 1 heterocycles. The van der Waals surface area contributed by atoms with E-state index in [0.29, 0.717) is 12.6 Å². The topological polar surface area (TPSA) is 40.5 Å². The van der Waals surface area contributed by atoms with Gasteiger partial charge in [0.15, 0.2) is 0 Å². The molecule has 1 saturated heterocycles. The lowest BCUT2D eigenvalue weighted by Gasteiger charge is -2.39. The van der Waals surface area contributed by atoms with Crippen molar-refractivity contribution in [2.24, 2.45) is 0 Å². The van der Waals surface area contributed by atoms with Crippen LogP contribution in [-0.4, -0.2) is 46.1 Å². The van der Waals surface area contributed by atoms with Crippen LogP contribution >= 0.6 is 11.8 Å². The number of thioether (sulfide) groups is 1. The molecule has 16 heavy (non-hydrogen) atoms. The van der Waals surface area contributed by atoms with Crippen LogP contribution in [0.2, 0.25) is 0 Å². The zero-order chi connectivity index (χ0) is 11.4. The number of rotatable bonds is 4. The van der Waals surface area contributed by atoms with Crippen LogP contribution in [-0.2, 0) is 4.79 Å². The molecule has 92 valence electrons. The Morgan fingerprint density at radius 1 is 1.25 bits per heavy atom. The van der Waals surface area contributed by atoms with E-state index in [1.165, 1.54) is 19.3 Å². The van der Waals surface area contributed by atoms with Gasteiger partial charge < -0.3 is 10.0 Å². The van der Waals surface area contributed by atoms with Crippen molar-refractivity contribution in [2.75, 3.05) is 18.9 Å². The van der Waals surface area contributed by atoms with E-state index in [-0.39, 0.29) is 17.8 Å². The third kappa shape index (κ3) is 2.72. The molecule has 0 aromatic carbocycles. The highest BCUT2D eigenvalue weighted by Gasteiger charge is 2.33. The number of hydrogen-bond acceptors (Lipinski definition) is 3. The van der Waals surface area contributed by atoms with Crippen LogP contribution < -0.4 is 0 Å². The van der Waals surface area contributed by atoms with E-state index >= 15 is 0 Å². The van der Waals surface area contributed by atoms with Crippen molar-refractivity contribution in [1.82, 2.24) is 4.90 Å². The van der Waals surface area contributed by atoms with Gasteiger partial charge >= 0.3 is 0 Å². The van der Waals surface area contributed by atoms with Crippen molar-refractivity contribution in [3.05, 3.63) is 0 Å². The summed E-state index contributed by atoms with van der Waals surface area (Å²) in [6, 6.07) is 0.419. The number of carbonyl (C=O) groups excluding carboxylic acids is 1. The highest BCUT2D eigenvalue weighted by atomic mass is 32.2. The van der Waals surface area contributed by atoms with Gasteiger partial charge in [-0.15, -0.1) is 11.8 Å². The molecule has 1 atom stereocenters. The SMILES string of the molecule is O=C(C1CCCCS1)N(CCO)C1CCC1. The van der Waals surface area contributed by atoms with E-state index < -0.39 is 0 Å². The average Bonchev–Trinajstić information content (AvgIpc) is 2.26. The van der Waals surface area contributed by atoms with Gasteiger partial charge in [0, 0.05) is 12.6 Å². The van der Waals surface area contributed by atoms with E-state index in [1.807, 2.05) is 4.90 Å². The maximum Gasteiger partial charge on any atom is 0.236 e. The lowest BCUT2D eigenvalue weighted by atomic mass is 9.91. The van der Waals surface area contributed by atoms with Crippen LogP contribution in [0.15, 0.2) is 0 Å². The summed E-state index contributed by atoms with van der Waals surface area (Å²) in [6.45, 7) is 0.625. The molecule has 0 spiro atoms. The Morgan fingerprint density at radius 2 is 2.06 bits per heavy atom.